The number of aromatic nitrogens is 2. The van der Waals surface area contributed by atoms with Gasteiger partial charge in [0.2, 0.25) is 0 Å². The highest BCUT2D eigenvalue weighted by Crippen LogP contribution is 2.27. The average molecular weight is 358 g/mol. The van der Waals surface area contributed by atoms with Crippen LogP contribution in [0.1, 0.15) is 31.1 Å². The number of rotatable bonds is 1. The number of ether oxygens (including phenoxy) is 1. The second-order valence-corrected chi connectivity index (χ2v) is 6.12. The predicted octanol–water partition coefficient (Wildman–Crippen LogP) is 3.13. The van der Waals surface area contributed by atoms with E-state index in [1.54, 1.807) is 6.20 Å². The van der Waals surface area contributed by atoms with Crippen LogP contribution in [0.4, 0.5) is 0 Å². The van der Waals surface area contributed by atoms with Crippen LogP contribution in [0.5, 0.6) is 0 Å². The second-order valence-electron chi connectivity index (χ2n) is 5.10. The van der Waals surface area contributed by atoms with E-state index < -0.39 is 5.60 Å². The van der Waals surface area contributed by atoms with Crippen LogP contribution in [-0.4, -0.2) is 21.1 Å². The van der Waals surface area contributed by atoms with Gasteiger partial charge in [0.25, 0.3) is 0 Å². The minimum atomic E-state index is -0.495. The molecule has 0 saturated carbocycles. The van der Waals surface area contributed by atoms with Gasteiger partial charge in [-0.3, -0.25) is 0 Å². The van der Waals surface area contributed by atoms with E-state index in [9.17, 15) is 4.79 Å². The highest BCUT2D eigenvalue weighted by atomic mass is 127. The zero-order valence-corrected chi connectivity index (χ0v) is 13.0. The first-order valence-corrected chi connectivity index (χ1v) is 6.71. The summed E-state index contributed by atoms with van der Waals surface area (Å²) in [7, 11) is 1.89. The summed E-state index contributed by atoms with van der Waals surface area (Å²) in [4.78, 5) is 16.5. The zero-order valence-electron chi connectivity index (χ0n) is 10.8. The Morgan fingerprint density at radius 3 is 2.72 bits per heavy atom. The third-order valence-electron chi connectivity index (χ3n) is 2.48. The van der Waals surface area contributed by atoms with Crippen LogP contribution in [0.15, 0.2) is 18.3 Å². The molecule has 0 aromatic carbocycles. The molecule has 2 aromatic heterocycles. The molecule has 0 aliphatic rings. The van der Waals surface area contributed by atoms with Crippen molar-refractivity contribution in [2.45, 2.75) is 26.4 Å². The summed E-state index contributed by atoms with van der Waals surface area (Å²) in [5.41, 5.74) is 0.892. The van der Waals surface area contributed by atoms with Crippen LogP contribution in [0, 0.1) is 3.70 Å². The maximum Gasteiger partial charge on any atom is 0.342 e. The van der Waals surface area contributed by atoms with Gasteiger partial charge in [0.05, 0.1) is 3.70 Å². The van der Waals surface area contributed by atoms with Crippen LogP contribution in [0.2, 0.25) is 0 Å². The fourth-order valence-corrected chi connectivity index (χ4v) is 2.49. The van der Waals surface area contributed by atoms with Gasteiger partial charge in [0.15, 0.2) is 0 Å². The third-order valence-corrected chi connectivity index (χ3v) is 3.74. The topological polar surface area (TPSA) is 44.1 Å². The van der Waals surface area contributed by atoms with Crippen molar-refractivity contribution >= 4 is 39.6 Å². The Hall–Kier alpha value is -1.11. The first-order valence-electron chi connectivity index (χ1n) is 5.63. The lowest BCUT2D eigenvalue weighted by Gasteiger charge is -2.19. The highest BCUT2D eigenvalue weighted by molar-refractivity contribution is 14.1. The molecule has 0 amide bonds. The maximum atomic E-state index is 12.2. The molecular formula is C13H15IN2O2. The van der Waals surface area contributed by atoms with E-state index >= 15 is 0 Å². The summed E-state index contributed by atoms with van der Waals surface area (Å²) in [6.45, 7) is 5.59. The van der Waals surface area contributed by atoms with Crippen LogP contribution >= 0.6 is 22.6 Å². The summed E-state index contributed by atoms with van der Waals surface area (Å²) < 4.78 is 8.18. The van der Waals surface area contributed by atoms with Crippen molar-refractivity contribution < 1.29 is 9.53 Å². The predicted molar refractivity (Wildman–Crippen MR) is 78.6 cm³/mol. The molecule has 2 rings (SSSR count). The summed E-state index contributed by atoms with van der Waals surface area (Å²) in [5, 5.41) is 0.832. The van der Waals surface area contributed by atoms with Crippen molar-refractivity contribution in [1.82, 2.24) is 9.55 Å². The SMILES string of the molecule is Cn1c(I)c(C(=O)OC(C)(C)C)c2cccnc21. The lowest BCUT2D eigenvalue weighted by Crippen LogP contribution is -2.24. The highest BCUT2D eigenvalue weighted by Gasteiger charge is 2.25. The van der Waals surface area contributed by atoms with Gasteiger partial charge in [-0.25, -0.2) is 9.78 Å². The number of hydrogen-bond donors (Lipinski definition) is 0. The molecule has 18 heavy (non-hydrogen) atoms. The zero-order chi connectivity index (χ0) is 13.5. The molecule has 0 aliphatic carbocycles. The van der Waals surface area contributed by atoms with E-state index in [1.807, 2.05) is 44.5 Å². The van der Waals surface area contributed by atoms with Crippen molar-refractivity contribution in [2.75, 3.05) is 0 Å². The normalized spacial score (nSPS) is 11.8. The maximum absolute atomic E-state index is 12.2. The third kappa shape index (κ3) is 2.36. The number of carbonyl (C=O) groups excluding carboxylic acids is 1. The van der Waals surface area contributed by atoms with E-state index in [1.165, 1.54) is 0 Å². The largest absolute Gasteiger partial charge is 0.456 e. The van der Waals surface area contributed by atoms with Crippen LogP contribution < -0.4 is 0 Å². The summed E-state index contributed by atoms with van der Waals surface area (Å²) in [5.74, 6) is -0.300. The Bertz CT molecular complexity index is 611. The Kier molecular flexibility index (Phi) is 3.35. The minimum Gasteiger partial charge on any atom is -0.456 e. The number of fused-ring (bicyclic) bond motifs is 1. The van der Waals surface area contributed by atoms with Crippen molar-refractivity contribution in [3.05, 3.63) is 27.6 Å². The quantitative estimate of drug-likeness (QED) is 0.581. The van der Waals surface area contributed by atoms with Gasteiger partial charge in [-0.2, -0.15) is 0 Å². The van der Waals surface area contributed by atoms with Crippen LogP contribution in [0.3, 0.4) is 0 Å². The van der Waals surface area contributed by atoms with Gasteiger partial charge in [-0.05, 0) is 55.5 Å². The van der Waals surface area contributed by atoms with Gasteiger partial charge in [-0.1, -0.05) is 0 Å². The number of esters is 1. The number of nitrogens with zero attached hydrogens (tertiary/aromatic N) is 2. The van der Waals surface area contributed by atoms with Crippen molar-refractivity contribution in [2.24, 2.45) is 7.05 Å². The number of hydrogen-bond acceptors (Lipinski definition) is 3. The Balaban J connectivity index is 2.58. The van der Waals surface area contributed by atoms with Gasteiger partial charge >= 0.3 is 5.97 Å². The number of aryl methyl sites for hydroxylation is 1. The summed E-state index contributed by atoms with van der Waals surface area (Å²) in [6, 6.07) is 3.72. The van der Waals surface area contributed by atoms with Crippen molar-refractivity contribution in [3.8, 4) is 0 Å². The lowest BCUT2D eigenvalue weighted by atomic mass is 10.2. The van der Waals surface area contributed by atoms with E-state index in [0.29, 0.717) is 5.56 Å². The molecule has 5 heteroatoms. The van der Waals surface area contributed by atoms with Gasteiger partial charge in [0.1, 0.15) is 16.8 Å². The average Bonchev–Trinajstić information content (AvgIpc) is 2.50. The first kappa shape index (κ1) is 13.3. The summed E-state index contributed by atoms with van der Waals surface area (Å²) in [6.07, 6.45) is 1.72. The van der Waals surface area contributed by atoms with Crippen LogP contribution in [-0.2, 0) is 11.8 Å². The molecule has 0 unspecified atom stereocenters. The molecule has 2 heterocycles. The molecule has 96 valence electrons. The minimum absolute atomic E-state index is 0.300. The van der Waals surface area contributed by atoms with Crippen LogP contribution in [0.25, 0.3) is 11.0 Å². The summed E-state index contributed by atoms with van der Waals surface area (Å²) >= 11 is 2.15. The molecular weight excluding hydrogens is 343 g/mol. The molecule has 0 N–H and O–H groups in total. The molecule has 0 radical (unpaired) electrons. The molecule has 0 fully saturated rings. The van der Waals surface area contributed by atoms with Crippen molar-refractivity contribution in [3.63, 3.8) is 0 Å². The van der Waals surface area contributed by atoms with Crippen molar-refractivity contribution in [1.29, 1.82) is 0 Å². The van der Waals surface area contributed by atoms with Gasteiger partial charge in [0, 0.05) is 18.6 Å². The second kappa shape index (κ2) is 4.53. The van der Waals surface area contributed by atoms with Gasteiger partial charge in [-0.15, -0.1) is 0 Å². The molecule has 0 atom stereocenters. The fraction of sp³-hybridized carbons (Fsp3) is 0.385. The molecule has 0 bridgehead atoms. The fourth-order valence-electron chi connectivity index (χ4n) is 1.75. The molecule has 0 aliphatic heterocycles. The standard InChI is InChI=1S/C13H15IN2O2/c1-13(2,3)18-12(17)9-8-6-5-7-15-11(8)16(4)10(9)14/h5-7H,1-4H3. The molecule has 0 spiro atoms. The Labute approximate surface area is 119 Å². The van der Waals surface area contributed by atoms with E-state index in [0.717, 1.165) is 14.7 Å². The number of carbonyl (C=O) groups is 1. The Morgan fingerprint density at radius 1 is 1.44 bits per heavy atom. The van der Waals surface area contributed by atoms with E-state index in [2.05, 4.69) is 27.6 Å². The number of halogens is 1. The first-order chi connectivity index (χ1) is 8.31. The molecule has 4 nitrogen and oxygen atoms in total. The molecule has 2 aromatic rings. The van der Waals surface area contributed by atoms with E-state index in [-0.39, 0.29) is 5.97 Å². The Morgan fingerprint density at radius 2 is 2.11 bits per heavy atom. The van der Waals surface area contributed by atoms with Gasteiger partial charge < -0.3 is 9.30 Å². The van der Waals surface area contributed by atoms with E-state index in [4.69, 9.17) is 4.74 Å². The molecule has 0 saturated heterocycles. The number of pyridine rings is 1. The lowest BCUT2D eigenvalue weighted by molar-refractivity contribution is 0.00703. The monoisotopic (exact) mass is 358 g/mol. The smallest absolute Gasteiger partial charge is 0.342 e.